The van der Waals surface area contributed by atoms with Gasteiger partial charge in [-0.1, -0.05) is 0 Å². The van der Waals surface area contributed by atoms with Crippen LogP contribution >= 0.6 is 11.8 Å². The van der Waals surface area contributed by atoms with Crippen molar-refractivity contribution in [2.75, 3.05) is 42.7 Å². The van der Waals surface area contributed by atoms with E-state index in [0.29, 0.717) is 36.0 Å². The number of nitrogens with one attached hydrogen (secondary N) is 2. The minimum atomic E-state index is -0.871. The molecule has 3 aromatic rings. The fraction of sp³-hybridized carbons (Fsp3) is 0.333. The highest BCUT2D eigenvalue weighted by atomic mass is 32.2. The lowest BCUT2D eigenvalue weighted by atomic mass is 10.1. The van der Waals surface area contributed by atoms with Gasteiger partial charge in [0.2, 0.25) is 11.8 Å². The molecule has 2 amide bonds. The average molecular weight is 496 g/mol. The number of hydrogen-bond acceptors (Lipinski definition) is 9. The van der Waals surface area contributed by atoms with Gasteiger partial charge >= 0.3 is 6.09 Å². The van der Waals surface area contributed by atoms with Crippen molar-refractivity contribution < 1.29 is 24.2 Å². The van der Waals surface area contributed by atoms with Crippen LogP contribution in [0.3, 0.4) is 0 Å². The Morgan fingerprint density at radius 3 is 3.06 bits per heavy atom. The number of hydrogen-bond donors (Lipinski definition) is 3. The van der Waals surface area contributed by atoms with E-state index >= 15 is 0 Å². The molecule has 0 saturated carbocycles. The Balaban J connectivity index is 1.16. The molecule has 2 aliphatic rings. The molecular weight excluding hydrogens is 470 g/mol. The minimum absolute atomic E-state index is 0.0716. The first-order valence-corrected chi connectivity index (χ1v) is 12.2. The van der Waals surface area contributed by atoms with Gasteiger partial charge in [0.1, 0.15) is 12.2 Å². The van der Waals surface area contributed by atoms with Crippen LogP contribution in [0, 0.1) is 0 Å². The summed E-state index contributed by atoms with van der Waals surface area (Å²) in [5.74, 6) is 0.835. The molecule has 0 unspecified atom stereocenters. The summed E-state index contributed by atoms with van der Waals surface area (Å²) in [6.45, 7) is 1.09. The zero-order valence-corrected chi connectivity index (χ0v) is 19.9. The van der Waals surface area contributed by atoms with Gasteiger partial charge in [-0.15, -0.1) is 11.8 Å². The first-order valence-electron chi connectivity index (χ1n) is 11.2. The zero-order valence-electron chi connectivity index (χ0n) is 19.1. The normalized spacial score (nSPS) is 18.2. The maximum absolute atomic E-state index is 12.5. The van der Waals surface area contributed by atoms with Crippen molar-refractivity contribution in [2.45, 2.75) is 23.5 Å². The largest absolute Gasteiger partial charge is 0.481 e. The SMILES string of the molecule is COc1ccc2nccc(CCNC[C@H](O)[C@@H]3CN(c4ccc5c(c4)NC(=O)CS5)C(=O)O3)c2n1. The summed E-state index contributed by atoms with van der Waals surface area (Å²) in [6.07, 6.45) is 0.373. The van der Waals surface area contributed by atoms with Gasteiger partial charge in [0.25, 0.3) is 0 Å². The number of pyridine rings is 2. The van der Waals surface area contributed by atoms with E-state index in [1.165, 1.54) is 16.7 Å². The van der Waals surface area contributed by atoms with Crippen LogP contribution in [-0.2, 0) is 16.0 Å². The zero-order chi connectivity index (χ0) is 24.4. The number of fused-ring (bicyclic) bond motifs is 2. The van der Waals surface area contributed by atoms with Crippen molar-refractivity contribution in [3.63, 3.8) is 0 Å². The van der Waals surface area contributed by atoms with E-state index in [2.05, 4.69) is 20.6 Å². The number of methoxy groups -OCH3 is 1. The standard InChI is InChI=1S/C24H25N5O5S/c1-33-22-5-3-16-23(28-22)14(7-9-26-16)6-8-25-11-18(30)19-12-29(24(32)34-19)15-2-4-20-17(10-15)27-21(31)13-35-20/h2-5,7,9-10,18-19,25,30H,6,8,11-13H2,1H3,(H,27,31)/t18-,19-/m0/s1. The van der Waals surface area contributed by atoms with E-state index < -0.39 is 18.3 Å². The van der Waals surface area contributed by atoms with Gasteiger partial charge < -0.3 is 25.2 Å². The molecule has 0 aliphatic carbocycles. The molecule has 2 aromatic heterocycles. The number of thioether (sulfide) groups is 1. The molecule has 2 aliphatic heterocycles. The van der Waals surface area contributed by atoms with Crippen molar-refractivity contribution in [3.8, 4) is 5.88 Å². The molecule has 35 heavy (non-hydrogen) atoms. The van der Waals surface area contributed by atoms with Crippen LogP contribution in [-0.4, -0.2) is 71.8 Å². The number of aliphatic hydroxyl groups excluding tert-OH is 1. The molecule has 2 atom stereocenters. The summed E-state index contributed by atoms with van der Waals surface area (Å²) in [5, 5.41) is 16.7. The van der Waals surface area contributed by atoms with Crippen molar-refractivity contribution in [2.24, 2.45) is 0 Å². The molecule has 10 nitrogen and oxygen atoms in total. The van der Waals surface area contributed by atoms with E-state index in [4.69, 9.17) is 9.47 Å². The molecule has 5 rings (SSSR count). The van der Waals surface area contributed by atoms with E-state index in [9.17, 15) is 14.7 Å². The number of benzene rings is 1. The lowest BCUT2D eigenvalue weighted by molar-refractivity contribution is -0.113. The number of nitrogens with zero attached hydrogens (tertiary/aromatic N) is 3. The lowest BCUT2D eigenvalue weighted by Gasteiger charge is -2.20. The summed E-state index contributed by atoms with van der Waals surface area (Å²) >= 11 is 1.46. The smallest absolute Gasteiger partial charge is 0.414 e. The van der Waals surface area contributed by atoms with Crippen molar-refractivity contribution >= 4 is 46.2 Å². The monoisotopic (exact) mass is 495 g/mol. The van der Waals surface area contributed by atoms with Gasteiger partial charge in [0.05, 0.1) is 36.1 Å². The van der Waals surface area contributed by atoms with E-state index in [0.717, 1.165) is 21.5 Å². The molecule has 1 aromatic carbocycles. The second-order valence-electron chi connectivity index (χ2n) is 8.26. The number of aromatic nitrogens is 2. The number of cyclic esters (lactones) is 1. The third-order valence-electron chi connectivity index (χ3n) is 5.95. The number of rotatable bonds is 8. The highest BCUT2D eigenvalue weighted by Gasteiger charge is 2.37. The van der Waals surface area contributed by atoms with Crippen molar-refractivity contribution in [1.82, 2.24) is 15.3 Å². The predicted octanol–water partition coefficient (Wildman–Crippen LogP) is 2.20. The number of anilines is 2. The minimum Gasteiger partial charge on any atom is -0.481 e. The summed E-state index contributed by atoms with van der Waals surface area (Å²) in [4.78, 5) is 35.4. The molecule has 1 fully saturated rings. The van der Waals surface area contributed by atoms with Gasteiger partial charge in [0, 0.05) is 29.4 Å². The van der Waals surface area contributed by atoms with Crippen LogP contribution in [0.1, 0.15) is 5.56 Å². The lowest BCUT2D eigenvalue weighted by Crippen LogP contribution is -2.39. The number of amides is 2. The van der Waals surface area contributed by atoms with E-state index in [1.807, 2.05) is 24.3 Å². The number of carbonyl (C=O) groups excluding carboxylic acids is 2. The first kappa shape index (κ1) is 23.3. The van der Waals surface area contributed by atoms with Crippen LogP contribution in [0.4, 0.5) is 16.2 Å². The van der Waals surface area contributed by atoms with Crippen LogP contribution < -0.4 is 20.3 Å². The Labute approximate surface area is 206 Å². The molecule has 0 radical (unpaired) electrons. The van der Waals surface area contributed by atoms with Gasteiger partial charge in [-0.3, -0.25) is 14.7 Å². The maximum Gasteiger partial charge on any atom is 0.414 e. The first-order chi connectivity index (χ1) is 17.0. The van der Waals surface area contributed by atoms with Gasteiger partial charge in [-0.25, -0.2) is 9.78 Å². The van der Waals surface area contributed by atoms with Crippen molar-refractivity contribution in [3.05, 3.63) is 48.2 Å². The summed E-state index contributed by atoms with van der Waals surface area (Å²) in [5.41, 5.74) is 3.90. The highest BCUT2D eigenvalue weighted by molar-refractivity contribution is 8.00. The summed E-state index contributed by atoms with van der Waals surface area (Å²) in [7, 11) is 1.58. The molecule has 3 N–H and O–H groups in total. The highest BCUT2D eigenvalue weighted by Crippen LogP contribution is 2.35. The number of aliphatic hydroxyl groups is 1. The Bertz CT molecular complexity index is 1270. The number of carbonyl (C=O) groups is 2. The third-order valence-corrected chi connectivity index (χ3v) is 7.02. The van der Waals surface area contributed by atoms with Crippen LogP contribution in [0.5, 0.6) is 5.88 Å². The maximum atomic E-state index is 12.5. The molecule has 11 heteroatoms. The molecule has 182 valence electrons. The second-order valence-corrected chi connectivity index (χ2v) is 9.28. The van der Waals surface area contributed by atoms with E-state index in [1.54, 1.807) is 25.4 Å². The van der Waals surface area contributed by atoms with Gasteiger partial charge in [-0.05, 0) is 48.9 Å². The fourth-order valence-electron chi connectivity index (χ4n) is 4.12. The second kappa shape index (κ2) is 10.1. The average Bonchev–Trinajstić information content (AvgIpc) is 3.27. The summed E-state index contributed by atoms with van der Waals surface area (Å²) < 4.78 is 10.6. The number of ether oxygens (including phenoxy) is 2. The Kier molecular flexibility index (Phi) is 6.71. The fourth-order valence-corrected chi connectivity index (χ4v) is 4.90. The van der Waals surface area contributed by atoms with E-state index in [-0.39, 0.29) is 19.0 Å². The Hall–Kier alpha value is -3.41. The molecule has 4 heterocycles. The Morgan fingerprint density at radius 1 is 1.31 bits per heavy atom. The molecule has 0 bridgehead atoms. The summed E-state index contributed by atoms with van der Waals surface area (Å²) in [6, 6.07) is 11.0. The third kappa shape index (κ3) is 5.02. The topological polar surface area (TPSA) is 126 Å². The molecule has 1 saturated heterocycles. The quantitative estimate of drug-likeness (QED) is 0.403. The predicted molar refractivity (Wildman–Crippen MR) is 132 cm³/mol. The van der Waals surface area contributed by atoms with Crippen LogP contribution in [0.25, 0.3) is 11.0 Å². The van der Waals surface area contributed by atoms with Crippen molar-refractivity contribution in [1.29, 1.82) is 0 Å². The van der Waals surface area contributed by atoms with Gasteiger partial charge in [-0.2, -0.15) is 0 Å². The van der Waals surface area contributed by atoms with Gasteiger partial charge in [0.15, 0.2) is 0 Å². The molecule has 0 spiro atoms. The molecular formula is C24H25N5O5S. The van der Waals surface area contributed by atoms with Crippen LogP contribution in [0.15, 0.2) is 47.5 Å². The van der Waals surface area contributed by atoms with Crippen LogP contribution in [0.2, 0.25) is 0 Å². The Morgan fingerprint density at radius 2 is 2.20 bits per heavy atom.